The highest BCUT2D eigenvalue weighted by Gasteiger charge is 2.38. The number of H-pyrrole nitrogens is 1. The molecule has 19 heavy (non-hydrogen) atoms. The van der Waals surface area contributed by atoms with Gasteiger partial charge in [-0.1, -0.05) is 18.2 Å². The fourth-order valence-electron chi connectivity index (χ4n) is 1.15. The second-order valence-corrected chi connectivity index (χ2v) is 3.28. The molecule has 0 fully saturated rings. The third-order valence-corrected chi connectivity index (χ3v) is 1.95. The number of fused-ring (bicyclic) bond motifs is 1. The number of nitrogens with zero attached hydrogens (tertiary/aromatic N) is 1. The van der Waals surface area contributed by atoms with Crippen LogP contribution in [0, 0.1) is 0 Å². The van der Waals surface area contributed by atoms with Gasteiger partial charge in [-0.25, -0.2) is 4.79 Å². The zero-order valence-corrected chi connectivity index (χ0v) is 9.23. The Morgan fingerprint density at radius 2 is 1.79 bits per heavy atom. The van der Waals surface area contributed by atoms with Gasteiger partial charge in [0.15, 0.2) is 5.69 Å². The van der Waals surface area contributed by atoms with Gasteiger partial charge in [0.1, 0.15) is 0 Å². The van der Waals surface area contributed by atoms with Crippen molar-refractivity contribution in [3.05, 3.63) is 30.0 Å². The highest BCUT2D eigenvalue weighted by molar-refractivity contribution is 6.03. The Hall–Kier alpha value is -2.58. The summed E-state index contributed by atoms with van der Waals surface area (Å²) in [4.78, 5) is 19.7. The van der Waals surface area contributed by atoms with Gasteiger partial charge in [0, 0.05) is 5.39 Å². The van der Waals surface area contributed by atoms with Gasteiger partial charge in [-0.05, 0) is 6.07 Å². The molecule has 0 spiro atoms. The molecule has 2 aromatic rings. The lowest BCUT2D eigenvalue weighted by Crippen LogP contribution is -2.21. The number of aromatic nitrogens is 2. The summed E-state index contributed by atoms with van der Waals surface area (Å²) in [5, 5.41) is 14.4. The summed E-state index contributed by atoms with van der Waals surface area (Å²) >= 11 is 0. The standard InChI is InChI=1S/C8H7N3O.C2HF3O2/c9-8(12)7-5-3-1-2-4-6(5)10-11-7;3-2(4,5)1(6)7/h1-4H,(H2,9,12)(H,10,11);(H,6,7). The average Bonchev–Trinajstić information content (AvgIpc) is 2.72. The molecule has 102 valence electrons. The molecule has 0 aliphatic heterocycles. The molecule has 6 nitrogen and oxygen atoms in total. The first-order valence-corrected chi connectivity index (χ1v) is 4.76. The lowest BCUT2D eigenvalue weighted by Gasteiger charge is -1.93. The van der Waals surface area contributed by atoms with Crippen LogP contribution in [0.15, 0.2) is 24.3 Å². The first-order chi connectivity index (χ1) is 8.73. The van der Waals surface area contributed by atoms with Crippen LogP contribution in [0.1, 0.15) is 10.5 Å². The van der Waals surface area contributed by atoms with E-state index >= 15 is 0 Å². The Morgan fingerprint density at radius 1 is 1.26 bits per heavy atom. The monoisotopic (exact) mass is 275 g/mol. The van der Waals surface area contributed by atoms with Crippen LogP contribution in [0.5, 0.6) is 0 Å². The summed E-state index contributed by atoms with van der Waals surface area (Å²) in [5.74, 6) is -3.26. The quantitative estimate of drug-likeness (QED) is 0.728. The lowest BCUT2D eigenvalue weighted by atomic mass is 10.2. The van der Waals surface area contributed by atoms with Gasteiger partial charge in [-0.2, -0.15) is 18.3 Å². The van der Waals surface area contributed by atoms with Gasteiger partial charge >= 0.3 is 12.1 Å². The molecule has 9 heteroatoms. The number of hydrogen-bond acceptors (Lipinski definition) is 3. The SMILES string of the molecule is NC(=O)c1n[nH]c2ccccc12.O=C(O)C(F)(F)F. The molecule has 0 saturated carbocycles. The van der Waals surface area contributed by atoms with Crippen LogP contribution in [0.4, 0.5) is 13.2 Å². The number of rotatable bonds is 1. The number of carbonyl (C=O) groups excluding carboxylic acids is 1. The van der Waals surface area contributed by atoms with E-state index in [1.807, 2.05) is 18.2 Å². The van der Waals surface area contributed by atoms with E-state index < -0.39 is 18.1 Å². The number of carbonyl (C=O) groups is 2. The van der Waals surface area contributed by atoms with E-state index in [0.717, 1.165) is 10.9 Å². The van der Waals surface area contributed by atoms with Crippen molar-refractivity contribution in [2.75, 3.05) is 0 Å². The number of nitrogens with two attached hydrogens (primary N) is 1. The Kier molecular flexibility index (Phi) is 4.10. The van der Waals surface area contributed by atoms with Gasteiger partial charge in [0.2, 0.25) is 0 Å². The van der Waals surface area contributed by atoms with Gasteiger partial charge in [0.05, 0.1) is 5.52 Å². The molecule has 1 aromatic carbocycles. The molecule has 0 bridgehead atoms. The second-order valence-electron chi connectivity index (χ2n) is 3.28. The summed E-state index contributed by atoms with van der Waals surface area (Å²) < 4.78 is 31.7. The number of carboxylic acid groups (broad SMARTS) is 1. The van der Waals surface area contributed by atoms with Crippen LogP contribution < -0.4 is 5.73 Å². The van der Waals surface area contributed by atoms with Crippen molar-refractivity contribution in [1.82, 2.24) is 10.2 Å². The Balaban J connectivity index is 0.000000224. The summed E-state index contributed by atoms with van der Waals surface area (Å²) in [5.41, 5.74) is 6.22. The molecular formula is C10H8F3N3O3. The summed E-state index contributed by atoms with van der Waals surface area (Å²) in [6.07, 6.45) is -5.08. The zero-order chi connectivity index (χ0) is 14.6. The number of benzene rings is 1. The number of halogens is 3. The van der Waals surface area contributed by atoms with Crippen LogP contribution in [-0.4, -0.2) is 33.4 Å². The Morgan fingerprint density at radius 3 is 2.26 bits per heavy atom. The van der Waals surface area contributed by atoms with Crippen molar-refractivity contribution in [3.8, 4) is 0 Å². The van der Waals surface area contributed by atoms with Crippen LogP contribution in [0.25, 0.3) is 10.9 Å². The van der Waals surface area contributed by atoms with Crippen LogP contribution in [0.3, 0.4) is 0 Å². The summed E-state index contributed by atoms with van der Waals surface area (Å²) in [7, 11) is 0. The van der Waals surface area contributed by atoms with Gasteiger partial charge < -0.3 is 10.8 Å². The number of para-hydroxylation sites is 1. The lowest BCUT2D eigenvalue weighted by molar-refractivity contribution is -0.192. The number of nitrogens with one attached hydrogen (secondary N) is 1. The molecule has 1 aromatic heterocycles. The minimum Gasteiger partial charge on any atom is -0.475 e. The third kappa shape index (κ3) is 3.69. The smallest absolute Gasteiger partial charge is 0.475 e. The van der Waals surface area contributed by atoms with Crippen molar-refractivity contribution in [2.45, 2.75) is 6.18 Å². The molecule has 2 rings (SSSR count). The van der Waals surface area contributed by atoms with Gasteiger partial charge in [-0.3, -0.25) is 9.89 Å². The molecule has 0 saturated heterocycles. The number of amides is 1. The number of alkyl halides is 3. The maximum atomic E-state index is 10.8. The normalized spacial score (nSPS) is 10.7. The van der Waals surface area contributed by atoms with E-state index in [1.165, 1.54) is 0 Å². The summed E-state index contributed by atoms with van der Waals surface area (Å²) in [6, 6.07) is 7.35. The van der Waals surface area contributed by atoms with Crippen LogP contribution in [-0.2, 0) is 4.79 Å². The van der Waals surface area contributed by atoms with Crippen molar-refractivity contribution < 1.29 is 27.9 Å². The van der Waals surface area contributed by atoms with Crippen molar-refractivity contribution in [3.63, 3.8) is 0 Å². The first-order valence-electron chi connectivity index (χ1n) is 4.76. The molecule has 0 unspecified atom stereocenters. The fourth-order valence-corrected chi connectivity index (χ4v) is 1.15. The Labute approximate surface area is 104 Å². The molecule has 0 atom stereocenters. The minimum absolute atomic E-state index is 0.297. The van der Waals surface area contributed by atoms with Gasteiger partial charge in [0.25, 0.3) is 5.91 Å². The molecule has 1 heterocycles. The average molecular weight is 275 g/mol. The van der Waals surface area contributed by atoms with Crippen molar-refractivity contribution in [1.29, 1.82) is 0 Å². The topological polar surface area (TPSA) is 109 Å². The molecule has 0 radical (unpaired) electrons. The van der Waals surface area contributed by atoms with Gasteiger partial charge in [-0.15, -0.1) is 0 Å². The highest BCUT2D eigenvalue weighted by atomic mass is 19.4. The molecule has 4 N–H and O–H groups in total. The van der Waals surface area contributed by atoms with E-state index in [4.69, 9.17) is 15.6 Å². The predicted molar refractivity (Wildman–Crippen MR) is 58.3 cm³/mol. The molecule has 0 aliphatic rings. The third-order valence-electron chi connectivity index (χ3n) is 1.95. The minimum atomic E-state index is -5.08. The van der Waals surface area contributed by atoms with E-state index in [0.29, 0.717) is 5.69 Å². The zero-order valence-electron chi connectivity index (χ0n) is 9.23. The van der Waals surface area contributed by atoms with Crippen molar-refractivity contribution in [2.24, 2.45) is 5.73 Å². The number of aliphatic carboxylic acids is 1. The number of carboxylic acids is 1. The van der Waals surface area contributed by atoms with E-state index in [-0.39, 0.29) is 0 Å². The molecule has 1 amide bonds. The number of primary amides is 1. The van der Waals surface area contributed by atoms with E-state index in [9.17, 15) is 18.0 Å². The number of aromatic amines is 1. The van der Waals surface area contributed by atoms with Crippen LogP contribution in [0.2, 0.25) is 0 Å². The Bertz CT molecular complexity index is 607. The van der Waals surface area contributed by atoms with Crippen LogP contribution >= 0.6 is 0 Å². The van der Waals surface area contributed by atoms with Crippen molar-refractivity contribution >= 4 is 22.8 Å². The summed E-state index contributed by atoms with van der Waals surface area (Å²) in [6.45, 7) is 0. The maximum Gasteiger partial charge on any atom is 0.490 e. The predicted octanol–water partition coefficient (Wildman–Crippen LogP) is 1.30. The largest absolute Gasteiger partial charge is 0.490 e. The first kappa shape index (κ1) is 14.5. The highest BCUT2D eigenvalue weighted by Crippen LogP contribution is 2.14. The fraction of sp³-hybridized carbons (Fsp3) is 0.100. The van der Waals surface area contributed by atoms with E-state index in [2.05, 4.69) is 10.2 Å². The molecular weight excluding hydrogens is 267 g/mol. The molecule has 0 aliphatic carbocycles. The van der Waals surface area contributed by atoms with E-state index in [1.54, 1.807) is 6.07 Å². The maximum absolute atomic E-state index is 10.8. The second kappa shape index (κ2) is 5.38. The number of hydrogen-bond donors (Lipinski definition) is 3.